The third-order valence-electron chi connectivity index (χ3n) is 3.39. The number of carbonyl (C=O) groups is 1. The number of hydrogen-bond acceptors (Lipinski definition) is 1. The minimum absolute atomic E-state index is 0.293. The molecule has 3 atom stereocenters. The molecule has 2 nitrogen and oxygen atoms in total. The van der Waals surface area contributed by atoms with Crippen molar-refractivity contribution in [2.45, 2.75) is 33.1 Å². The summed E-state index contributed by atoms with van der Waals surface area (Å²) in [6, 6.07) is 0. The summed E-state index contributed by atoms with van der Waals surface area (Å²) in [6.07, 6.45) is 3.38. The van der Waals surface area contributed by atoms with Crippen LogP contribution in [-0.2, 0) is 4.79 Å². The molecule has 0 bridgehead atoms. The topological polar surface area (TPSA) is 20.3 Å². The Morgan fingerprint density at radius 3 is 2.23 bits per heavy atom. The Hall–Kier alpha value is -0.530. The SMILES string of the molecule is C[C@@H]1C[C@@H](C(=O)N(C)C)CC[C@@H]1C. The van der Waals surface area contributed by atoms with Gasteiger partial charge in [-0.3, -0.25) is 4.79 Å². The zero-order valence-electron chi connectivity index (χ0n) is 9.21. The van der Waals surface area contributed by atoms with Crippen LogP contribution in [0.25, 0.3) is 0 Å². The molecule has 0 radical (unpaired) electrons. The number of amides is 1. The molecule has 0 unspecified atom stereocenters. The van der Waals surface area contributed by atoms with E-state index in [1.165, 1.54) is 6.42 Å². The van der Waals surface area contributed by atoms with Crippen molar-refractivity contribution in [2.24, 2.45) is 17.8 Å². The summed E-state index contributed by atoms with van der Waals surface area (Å²) in [5, 5.41) is 0. The zero-order valence-corrected chi connectivity index (χ0v) is 9.21. The first-order valence-corrected chi connectivity index (χ1v) is 5.23. The van der Waals surface area contributed by atoms with Crippen molar-refractivity contribution < 1.29 is 4.79 Å². The first-order valence-electron chi connectivity index (χ1n) is 5.23. The highest BCUT2D eigenvalue weighted by Crippen LogP contribution is 2.33. The van der Waals surface area contributed by atoms with Crippen molar-refractivity contribution in [1.82, 2.24) is 4.90 Å². The molecule has 0 aromatic rings. The van der Waals surface area contributed by atoms with Gasteiger partial charge in [-0.2, -0.15) is 0 Å². The molecule has 0 aromatic carbocycles. The molecule has 1 fully saturated rings. The fourth-order valence-corrected chi connectivity index (χ4v) is 2.14. The van der Waals surface area contributed by atoms with Crippen molar-refractivity contribution in [3.05, 3.63) is 0 Å². The fourth-order valence-electron chi connectivity index (χ4n) is 2.14. The second-order valence-electron chi connectivity index (χ2n) is 4.70. The molecule has 1 amide bonds. The number of hydrogen-bond donors (Lipinski definition) is 0. The lowest BCUT2D eigenvalue weighted by molar-refractivity contribution is -0.134. The van der Waals surface area contributed by atoms with Crippen molar-refractivity contribution in [1.29, 1.82) is 0 Å². The van der Waals surface area contributed by atoms with Crippen LogP contribution in [0.3, 0.4) is 0 Å². The van der Waals surface area contributed by atoms with Crippen LogP contribution in [0, 0.1) is 17.8 Å². The van der Waals surface area contributed by atoms with Crippen molar-refractivity contribution in [3.63, 3.8) is 0 Å². The fraction of sp³-hybridized carbons (Fsp3) is 0.909. The van der Waals surface area contributed by atoms with E-state index in [0.717, 1.165) is 18.8 Å². The van der Waals surface area contributed by atoms with Gasteiger partial charge in [-0.15, -0.1) is 0 Å². The predicted octanol–water partition coefficient (Wildman–Crippen LogP) is 2.15. The van der Waals surface area contributed by atoms with Crippen molar-refractivity contribution in [3.8, 4) is 0 Å². The van der Waals surface area contributed by atoms with Gasteiger partial charge in [-0.1, -0.05) is 13.8 Å². The van der Waals surface area contributed by atoms with Crippen LogP contribution < -0.4 is 0 Å². The monoisotopic (exact) mass is 183 g/mol. The molecule has 1 rings (SSSR count). The van der Waals surface area contributed by atoms with Gasteiger partial charge < -0.3 is 4.90 Å². The van der Waals surface area contributed by atoms with E-state index in [2.05, 4.69) is 13.8 Å². The van der Waals surface area contributed by atoms with E-state index in [-0.39, 0.29) is 0 Å². The Morgan fingerprint density at radius 1 is 1.15 bits per heavy atom. The first kappa shape index (κ1) is 10.6. The highest BCUT2D eigenvalue weighted by Gasteiger charge is 2.29. The van der Waals surface area contributed by atoms with E-state index in [1.807, 2.05) is 14.1 Å². The zero-order chi connectivity index (χ0) is 10.0. The molecule has 1 aliphatic rings. The maximum Gasteiger partial charge on any atom is 0.225 e. The van der Waals surface area contributed by atoms with Crippen LogP contribution in [0.15, 0.2) is 0 Å². The summed E-state index contributed by atoms with van der Waals surface area (Å²) in [7, 11) is 3.70. The molecule has 0 aliphatic heterocycles. The number of nitrogens with zero attached hydrogens (tertiary/aromatic N) is 1. The molecule has 13 heavy (non-hydrogen) atoms. The van der Waals surface area contributed by atoms with Crippen LogP contribution in [0.4, 0.5) is 0 Å². The van der Waals surface area contributed by atoms with Gasteiger partial charge in [-0.05, 0) is 31.1 Å². The van der Waals surface area contributed by atoms with E-state index >= 15 is 0 Å². The molecule has 0 N–H and O–H groups in total. The van der Waals surface area contributed by atoms with Crippen molar-refractivity contribution in [2.75, 3.05) is 14.1 Å². The summed E-state index contributed by atoms with van der Waals surface area (Å²) in [5.41, 5.74) is 0. The van der Waals surface area contributed by atoms with Crippen molar-refractivity contribution >= 4 is 5.91 Å². The largest absolute Gasteiger partial charge is 0.349 e. The Bertz CT molecular complexity index is 189. The standard InChI is InChI=1S/C11H21NO/c1-8-5-6-10(7-9(8)2)11(13)12(3)4/h8-10H,5-7H2,1-4H3/t8-,9+,10-/m0/s1. The Balaban J connectivity index is 2.50. The maximum atomic E-state index is 11.7. The minimum Gasteiger partial charge on any atom is -0.349 e. The smallest absolute Gasteiger partial charge is 0.225 e. The first-order chi connectivity index (χ1) is 6.02. The van der Waals surface area contributed by atoms with E-state index < -0.39 is 0 Å². The molecule has 0 saturated heterocycles. The Labute approximate surface area is 81.3 Å². The summed E-state index contributed by atoms with van der Waals surface area (Å²) >= 11 is 0. The highest BCUT2D eigenvalue weighted by atomic mass is 16.2. The molecule has 0 aromatic heterocycles. The quantitative estimate of drug-likeness (QED) is 0.610. The summed E-state index contributed by atoms with van der Waals surface area (Å²) in [6.45, 7) is 4.56. The van der Waals surface area contributed by atoms with Gasteiger partial charge >= 0.3 is 0 Å². The third kappa shape index (κ3) is 2.45. The summed E-state index contributed by atoms with van der Waals surface area (Å²) < 4.78 is 0. The van der Waals surface area contributed by atoms with E-state index in [4.69, 9.17) is 0 Å². The number of rotatable bonds is 1. The van der Waals surface area contributed by atoms with Gasteiger partial charge in [0.2, 0.25) is 5.91 Å². The van der Waals surface area contributed by atoms with Gasteiger partial charge in [0.1, 0.15) is 0 Å². The molecule has 1 saturated carbocycles. The van der Waals surface area contributed by atoms with E-state index in [1.54, 1.807) is 4.90 Å². The van der Waals surface area contributed by atoms with Gasteiger partial charge in [0.05, 0.1) is 0 Å². The Morgan fingerprint density at radius 2 is 1.77 bits per heavy atom. The molecule has 1 aliphatic carbocycles. The van der Waals surface area contributed by atoms with Crippen LogP contribution in [0.2, 0.25) is 0 Å². The molecule has 0 heterocycles. The normalized spacial score (nSPS) is 34.3. The average molecular weight is 183 g/mol. The molecular weight excluding hydrogens is 162 g/mol. The van der Waals surface area contributed by atoms with Gasteiger partial charge in [0.15, 0.2) is 0 Å². The summed E-state index contributed by atoms with van der Waals surface area (Å²) in [4.78, 5) is 13.4. The maximum absolute atomic E-state index is 11.7. The van der Waals surface area contributed by atoms with E-state index in [9.17, 15) is 4.79 Å². The second kappa shape index (κ2) is 4.12. The molecule has 0 spiro atoms. The van der Waals surface area contributed by atoms with Gasteiger partial charge in [-0.25, -0.2) is 0 Å². The third-order valence-corrected chi connectivity index (χ3v) is 3.39. The Kier molecular flexibility index (Phi) is 3.34. The molecule has 76 valence electrons. The van der Waals surface area contributed by atoms with Crippen LogP contribution in [-0.4, -0.2) is 24.9 Å². The summed E-state index contributed by atoms with van der Waals surface area (Å²) in [5.74, 6) is 2.12. The lowest BCUT2D eigenvalue weighted by atomic mass is 9.75. The van der Waals surface area contributed by atoms with Crippen LogP contribution >= 0.6 is 0 Å². The lowest BCUT2D eigenvalue weighted by Gasteiger charge is -2.32. The highest BCUT2D eigenvalue weighted by molar-refractivity contribution is 5.78. The molecular formula is C11H21NO. The second-order valence-corrected chi connectivity index (χ2v) is 4.70. The average Bonchev–Trinajstić information content (AvgIpc) is 2.08. The van der Waals surface area contributed by atoms with Gasteiger partial charge in [0, 0.05) is 20.0 Å². The number of carbonyl (C=O) groups excluding carboxylic acids is 1. The minimum atomic E-state index is 0.293. The van der Waals surface area contributed by atoms with E-state index in [0.29, 0.717) is 17.7 Å². The lowest BCUT2D eigenvalue weighted by Crippen LogP contribution is -2.34. The van der Waals surface area contributed by atoms with Crippen LogP contribution in [0.1, 0.15) is 33.1 Å². The van der Waals surface area contributed by atoms with Crippen LogP contribution in [0.5, 0.6) is 0 Å². The predicted molar refractivity (Wildman–Crippen MR) is 54.4 cm³/mol. The van der Waals surface area contributed by atoms with Gasteiger partial charge in [0.25, 0.3) is 0 Å². The molecule has 2 heteroatoms.